The Morgan fingerprint density at radius 1 is 1.19 bits per heavy atom. The number of non-ortho nitro benzene ring substituents is 1. The van der Waals surface area contributed by atoms with Gasteiger partial charge in [0.05, 0.1) is 16.9 Å². The second kappa shape index (κ2) is 8.29. The predicted octanol–water partition coefficient (Wildman–Crippen LogP) is 3.21. The van der Waals surface area contributed by atoms with Crippen molar-refractivity contribution in [2.24, 2.45) is 0 Å². The molecule has 140 valence electrons. The fourth-order valence-electron chi connectivity index (χ4n) is 2.55. The average Bonchev–Trinajstić information content (AvgIpc) is 2.60. The minimum absolute atomic E-state index is 0.0667. The molecule has 0 saturated heterocycles. The summed E-state index contributed by atoms with van der Waals surface area (Å²) in [6, 6.07) is 11.1. The van der Waals surface area contributed by atoms with E-state index < -0.39 is 14.9 Å². The molecular formula is C18H22N2O5S. The summed E-state index contributed by atoms with van der Waals surface area (Å²) in [5, 5.41) is 10.9. The topological polar surface area (TPSA) is 98.5 Å². The summed E-state index contributed by atoms with van der Waals surface area (Å²) in [6.45, 7) is 3.38. The van der Waals surface area contributed by atoms with Gasteiger partial charge in [0.15, 0.2) is 0 Å². The van der Waals surface area contributed by atoms with Crippen LogP contribution in [0, 0.1) is 17.0 Å². The van der Waals surface area contributed by atoms with Crippen LogP contribution >= 0.6 is 0 Å². The molecule has 1 N–H and O–H groups in total. The first-order valence-electron chi connectivity index (χ1n) is 8.13. The Labute approximate surface area is 153 Å². The van der Waals surface area contributed by atoms with Crippen molar-refractivity contribution in [3.05, 3.63) is 63.7 Å². The first-order valence-corrected chi connectivity index (χ1v) is 9.61. The van der Waals surface area contributed by atoms with E-state index in [-0.39, 0.29) is 16.6 Å². The number of methoxy groups -OCH3 is 1. The number of sulfonamides is 1. The predicted molar refractivity (Wildman–Crippen MR) is 98.9 cm³/mol. The molecule has 1 unspecified atom stereocenters. The largest absolute Gasteiger partial charge is 0.497 e. The molecule has 0 heterocycles. The molecular weight excluding hydrogens is 356 g/mol. The zero-order valence-electron chi connectivity index (χ0n) is 14.9. The van der Waals surface area contributed by atoms with Crippen molar-refractivity contribution >= 4 is 15.7 Å². The lowest BCUT2D eigenvalue weighted by Crippen LogP contribution is -2.33. The Balaban J connectivity index is 2.06. The van der Waals surface area contributed by atoms with Gasteiger partial charge in [0.1, 0.15) is 5.75 Å². The Morgan fingerprint density at radius 2 is 1.85 bits per heavy atom. The third kappa shape index (κ3) is 5.03. The van der Waals surface area contributed by atoms with Gasteiger partial charge in [-0.05, 0) is 49.9 Å². The second-order valence-corrected chi connectivity index (χ2v) is 7.80. The maximum Gasteiger partial charge on any atom is 0.270 e. The zero-order valence-corrected chi connectivity index (χ0v) is 15.7. The van der Waals surface area contributed by atoms with Crippen LogP contribution in [0.15, 0.2) is 47.4 Å². The number of nitro benzene ring substituents is 1. The Bertz CT molecular complexity index is 879. The van der Waals surface area contributed by atoms with Crippen LogP contribution in [0.25, 0.3) is 0 Å². The Kier molecular flexibility index (Phi) is 6.33. The average molecular weight is 378 g/mol. The standard InChI is InChI=1S/C18H22N2O5S/c1-13-4-9-16(20(21)22)12-18(13)26(23,24)19-14(2)5-6-15-7-10-17(25-3)11-8-15/h4,7-12,14,19H,5-6H2,1-3H3. The first kappa shape index (κ1) is 19.9. The summed E-state index contributed by atoms with van der Waals surface area (Å²) in [5.74, 6) is 0.767. The number of hydrogen-bond donors (Lipinski definition) is 1. The number of nitro groups is 1. The number of aryl methyl sites for hydroxylation is 2. The highest BCUT2D eigenvalue weighted by molar-refractivity contribution is 7.89. The van der Waals surface area contributed by atoms with Crippen molar-refractivity contribution in [2.75, 3.05) is 7.11 Å². The molecule has 2 aromatic rings. The van der Waals surface area contributed by atoms with Crippen molar-refractivity contribution in [3.63, 3.8) is 0 Å². The SMILES string of the molecule is COc1ccc(CCC(C)NS(=O)(=O)c2cc([N+](=O)[O-])ccc2C)cc1. The van der Waals surface area contributed by atoms with Crippen molar-refractivity contribution in [3.8, 4) is 5.75 Å². The monoisotopic (exact) mass is 378 g/mol. The van der Waals surface area contributed by atoms with Gasteiger partial charge >= 0.3 is 0 Å². The minimum atomic E-state index is -3.84. The van der Waals surface area contributed by atoms with Crippen LogP contribution < -0.4 is 9.46 Å². The third-order valence-corrected chi connectivity index (χ3v) is 5.79. The molecule has 0 radical (unpaired) electrons. The molecule has 7 nitrogen and oxygen atoms in total. The fraction of sp³-hybridized carbons (Fsp3) is 0.333. The van der Waals surface area contributed by atoms with E-state index in [9.17, 15) is 18.5 Å². The number of nitrogens with one attached hydrogen (secondary N) is 1. The maximum atomic E-state index is 12.6. The van der Waals surface area contributed by atoms with E-state index in [1.807, 2.05) is 24.3 Å². The molecule has 2 rings (SSSR count). The van der Waals surface area contributed by atoms with E-state index in [0.717, 1.165) is 17.4 Å². The van der Waals surface area contributed by atoms with E-state index in [2.05, 4.69) is 4.72 Å². The molecule has 0 fully saturated rings. The molecule has 1 atom stereocenters. The van der Waals surface area contributed by atoms with Gasteiger partial charge in [0.25, 0.3) is 5.69 Å². The van der Waals surface area contributed by atoms with Crippen molar-refractivity contribution in [1.82, 2.24) is 4.72 Å². The van der Waals surface area contributed by atoms with Crippen LogP contribution in [0.5, 0.6) is 5.75 Å². The molecule has 0 saturated carbocycles. The van der Waals surface area contributed by atoms with Gasteiger partial charge in [0.2, 0.25) is 10.0 Å². The second-order valence-electron chi connectivity index (χ2n) is 6.12. The highest BCUT2D eigenvalue weighted by Crippen LogP contribution is 2.22. The molecule has 0 aliphatic heterocycles. The molecule has 0 aliphatic carbocycles. The molecule has 0 aromatic heterocycles. The van der Waals surface area contributed by atoms with E-state index in [4.69, 9.17) is 4.74 Å². The number of nitrogens with zero attached hydrogens (tertiary/aromatic N) is 1. The molecule has 0 spiro atoms. The number of benzene rings is 2. The minimum Gasteiger partial charge on any atom is -0.497 e. The summed E-state index contributed by atoms with van der Waals surface area (Å²) in [6.07, 6.45) is 1.29. The summed E-state index contributed by atoms with van der Waals surface area (Å²) in [4.78, 5) is 10.2. The molecule has 26 heavy (non-hydrogen) atoms. The lowest BCUT2D eigenvalue weighted by Gasteiger charge is -2.15. The van der Waals surface area contributed by atoms with Crippen molar-refractivity contribution in [1.29, 1.82) is 0 Å². The van der Waals surface area contributed by atoms with Gasteiger partial charge in [0, 0.05) is 18.2 Å². The van der Waals surface area contributed by atoms with Gasteiger partial charge in [-0.3, -0.25) is 10.1 Å². The van der Waals surface area contributed by atoms with Crippen LogP contribution in [0.4, 0.5) is 5.69 Å². The van der Waals surface area contributed by atoms with Crippen molar-refractivity contribution in [2.45, 2.75) is 37.6 Å². The number of hydrogen-bond acceptors (Lipinski definition) is 5. The summed E-state index contributed by atoms with van der Waals surface area (Å²) in [5.41, 5.74) is 1.29. The normalized spacial score (nSPS) is 12.6. The van der Waals surface area contributed by atoms with Crippen LogP contribution in [-0.2, 0) is 16.4 Å². The van der Waals surface area contributed by atoms with E-state index in [1.165, 1.54) is 12.1 Å². The van der Waals surface area contributed by atoms with Gasteiger partial charge in [-0.25, -0.2) is 13.1 Å². The van der Waals surface area contributed by atoms with Crippen LogP contribution in [0.2, 0.25) is 0 Å². The molecule has 2 aromatic carbocycles. The molecule has 8 heteroatoms. The summed E-state index contributed by atoms with van der Waals surface area (Å²) >= 11 is 0. The van der Waals surface area contributed by atoms with Gasteiger partial charge in [-0.1, -0.05) is 18.2 Å². The molecule has 0 aliphatic rings. The first-order chi connectivity index (χ1) is 12.2. The quantitative estimate of drug-likeness (QED) is 0.562. The summed E-state index contributed by atoms with van der Waals surface area (Å²) < 4.78 is 32.9. The molecule has 0 amide bonds. The van der Waals surface area contributed by atoms with E-state index in [1.54, 1.807) is 21.0 Å². The van der Waals surface area contributed by atoms with Crippen LogP contribution in [0.1, 0.15) is 24.5 Å². The Morgan fingerprint density at radius 3 is 2.42 bits per heavy atom. The lowest BCUT2D eigenvalue weighted by molar-refractivity contribution is -0.385. The van der Waals surface area contributed by atoms with Gasteiger partial charge in [-0.2, -0.15) is 0 Å². The number of rotatable bonds is 8. The smallest absolute Gasteiger partial charge is 0.270 e. The Hall–Kier alpha value is -2.45. The fourth-order valence-corrected chi connectivity index (χ4v) is 4.10. The maximum absolute atomic E-state index is 12.6. The zero-order chi connectivity index (χ0) is 19.3. The van der Waals surface area contributed by atoms with E-state index >= 15 is 0 Å². The summed E-state index contributed by atoms with van der Waals surface area (Å²) in [7, 11) is -2.24. The van der Waals surface area contributed by atoms with Gasteiger partial charge < -0.3 is 4.74 Å². The molecule has 0 bridgehead atoms. The van der Waals surface area contributed by atoms with E-state index in [0.29, 0.717) is 18.4 Å². The van der Waals surface area contributed by atoms with Crippen LogP contribution in [-0.4, -0.2) is 26.5 Å². The number of ether oxygens (including phenoxy) is 1. The van der Waals surface area contributed by atoms with Gasteiger partial charge in [-0.15, -0.1) is 0 Å². The third-order valence-electron chi connectivity index (χ3n) is 4.05. The highest BCUT2D eigenvalue weighted by Gasteiger charge is 2.22. The van der Waals surface area contributed by atoms with Crippen molar-refractivity contribution < 1.29 is 18.1 Å². The lowest BCUT2D eigenvalue weighted by atomic mass is 10.1. The van der Waals surface area contributed by atoms with Crippen LogP contribution in [0.3, 0.4) is 0 Å². The highest BCUT2D eigenvalue weighted by atomic mass is 32.2.